The summed E-state index contributed by atoms with van der Waals surface area (Å²) in [5.41, 5.74) is 5.97. The van der Waals surface area contributed by atoms with Crippen LogP contribution in [0.4, 0.5) is 0 Å². The number of rotatable bonds is 1. The van der Waals surface area contributed by atoms with Gasteiger partial charge in [-0.2, -0.15) is 0 Å². The summed E-state index contributed by atoms with van der Waals surface area (Å²) in [6.45, 7) is 5.45. The summed E-state index contributed by atoms with van der Waals surface area (Å²) in [5, 5.41) is 0. The van der Waals surface area contributed by atoms with Crippen molar-refractivity contribution in [3.63, 3.8) is 0 Å². The van der Waals surface area contributed by atoms with Gasteiger partial charge in [0.15, 0.2) is 0 Å². The first-order valence-corrected chi connectivity index (χ1v) is 6.75. The van der Waals surface area contributed by atoms with Crippen LogP contribution in [-0.4, -0.2) is 42.1 Å². The molecule has 0 bridgehead atoms. The minimum atomic E-state index is 0.141. The Morgan fingerprint density at radius 2 is 1.88 bits per heavy atom. The third kappa shape index (κ3) is 2.80. The number of amides is 1. The molecule has 0 spiro atoms. The van der Waals surface area contributed by atoms with Crippen LogP contribution >= 0.6 is 0 Å². The lowest BCUT2D eigenvalue weighted by atomic mass is 9.84. The van der Waals surface area contributed by atoms with Gasteiger partial charge < -0.3 is 15.4 Å². The number of carbonyl (C=O) groups is 1. The van der Waals surface area contributed by atoms with E-state index in [0.29, 0.717) is 19.1 Å². The second-order valence-electron chi connectivity index (χ2n) is 5.60. The Labute approximate surface area is 103 Å². The number of nitrogens with two attached hydrogens (primary N) is 1. The standard InChI is InChI=1S/C13H24N2O2/c1-9-7-17-8-10(2)15(9)13(16)11-4-3-5-12(14)6-11/h9-12H,3-8,14H2,1-2H3/t9-,10+,11-,12+/m1/s1. The van der Waals surface area contributed by atoms with Gasteiger partial charge in [-0.05, 0) is 33.1 Å². The van der Waals surface area contributed by atoms with Crippen LogP contribution in [0.1, 0.15) is 39.5 Å². The molecule has 0 radical (unpaired) electrons. The van der Waals surface area contributed by atoms with Crippen molar-refractivity contribution in [2.75, 3.05) is 13.2 Å². The summed E-state index contributed by atoms with van der Waals surface area (Å²) in [5.74, 6) is 0.435. The van der Waals surface area contributed by atoms with Crippen molar-refractivity contribution in [3.8, 4) is 0 Å². The average molecular weight is 240 g/mol. The lowest BCUT2D eigenvalue weighted by Gasteiger charge is -2.41. The van der Waals surface area contributed by atoms with Crippen LogP contribution in [0.2, 0.25) is 0 Å². The number of ether oxygens (including phenoxy) is 1. The molecule has 1 aliphatic heterocycles. The van der Waals surface area contributed by atoms with Gasteiger partial charge in [0.05, 0.1) is 25.3 Å². The summed E-state index contributed by atoms with van der Waals surface area (Å²) < 4.78 is 5.46. The molecule has 0 aromatic rings. The Morgan fingerprint density at radius 1 is 1.24 bits per heavy atom. The van der Waals surface area contributed by atoms with Crippen LogP contribution < -0.4 is 5.73 Å². The molecular weight excluding hydrogens is 216 g/mol. The molecule has 1 amide bonds. The number of morpholine rings is 1. The molecule has 4 heteroatoms. The van der Waals surface area contributed by atoms with Crippen molar-refractivity contribution in [3.05, 3.63) is 0 Å². The highest BCUT2D eigenvalue weighted by atomic mass is 16.5. The van der Waals surface area contributed by atoms with E-state index in [0.717, 1.165) is 25.7 Å². The van der Waals surface area contributed by atoms with Gasteiger partial charge in [-0.15, -0.1) is 0 Å². The molecule has 1 aliphatic carbocycles. The number of nitrogens with zero attached hydrogens (tertiary/aromatic N) is 1. The van der Waals surface area contributed by atoms with E-state index in [9.17, 15) is 4.79 Å². The van der Waals surface area contributed by atoms with Crippen LogP contribution in [-0.2, 0) is 9.53 Å². The van der Waals surface area contributed by atoms with Gasteiger partial charge in [-0.25, -0.2) is 0 Å². The molecule has 2 aliphatic rings. The van der Waals surface area contributed by atoms with Crippen molar-refractivity contribution in [2.24, 2.45) is 11.7 Å². The average Bonchev–Trinajstić information content (AvgIpc) is 2.28. The Hall–Kier alpha value is -0.610. The van der Waals surface area contributed by atoms with Crippen LogP contribution in [0.3, 0.4) is 0 Å². The number of carbonyl (C=O) groups excluding carboxylic acids is 1. The molecule has 4 atom stereocenters. The van der Waals surface area contributed by atoms with Gasteiger partial charge in [0.25, 0.3) is 0 Å². The highest BCUT2D eigenvalue weighted by Crippen LogP contribution is 2.27. The molecule has 2 rings (SSSR count). The summed E-state index contributed by atoms with van der Waals surface area (Å²) in [7, 11) is 0. The molecule has 0 unspecified atom stereocenters. The molecule has 1 heterocycles. The van der Waals surface area contributed by atoms with Gasteiger partial charge in [0.1, 0.15) is 0 Å². The largest absolute Gasteiger partial charge is 0.377 e. The molecule has 1 saturated carbocycles. The molecule has 17 heavy (non-hydrogen) atoms. The van der Waals surface area contributed by atoms with Gasteiger partial charge >= 0.3 is 0 Å². The fourth-order valence-electron chi connectivity index (χ4n) is 3.10. The van der Waals surface area contributed by atoms with Crippen LogP contribution in [0.5, 0.6) is 0 Å². The van der Waals surface area contributed by atoms with Crippen molar-refractivity contribution in [2.45, 2.75) is 57.7 Å². The van der Waals surface area contributed by atoms with E-state index in [1.54, 1.807) is 0 Å². The SMILES string of the molecule is C[C@@H]1COC[C@H](C)N1C(=O)[C@@H]1CCC[C@H](N)C1. The van der Waals surface area contributed by atoms with Crippen molar-refractivity contribution in [1.29, 1.82) is 0 Å². The molecule has 0 aromatic carbocycles. The molecule has 0 aromatic heterocycles. The minimum absolute atomic E-state index is 0.141. The van der Waals surface area contributed by atoms with Gasteiger partial charge in [-0.3, -0.25) is 4.79 Å². The van der Waals surface area contributed by atoms with Crippen molar-refractivity contribution in [1.82, 2.24) is 4.90 Å². The van der Waals surface area contributed by atoms with E-state index in [1.807, 2.05) is 4.90 Å². The topological polar surface area (TPSA) is 55.6 Å². The number of hydrogen-bond acceptors (Lipinski definition) is 3. The Morgan fingerprint density at radius 3 is 2.47 bits per heavy atom. The fraction of sp³-hybridized carbons (Fsp3) is 0.923. The summed E-state index contributed by atoms with van der Waals surface area (Å²) in [6, 6.07) is 0.609. The van der Waals surface area contributed by atoms with E-state index in [4.69, 9.17) is 10.5 Å². The smallest absolute Gasteiger partial charge is 0.226 e. The maximum atomic E-state index is 12.5. The van der Waals surface area contributed by atoms with Crippen LogP contribution in [0, 0.1) is 5.92 Å². The molecule has 1 saturated heterocycles. The fourth-order valence-corrected chi connectivity index (χ4v) is 3.10. The highest BCUT2D eigenvalue weighted by molar-refractivity contribution is 5.79. The quantitative estimate of drug-likeness (QED) is 0.748. The Bertz CT molecular complexity index is 273. The minimum Gasteiger partial charge on any atom is -0.377 e. The zero-order chi connectivity index (χ0) is 12.4. The first kappa shape index (κ1) is 12.8. The zero-order valence-corrected chi connectivity index (χ0v) is 10.9. The lowest BCUT2D eigenvalue weighted by Crippen LogP contribution is -2.55. The number of hydrogen-bond donors (Lipinski definition) is 1. The third-order valence-corrected chi connectivity index (χ3v) is 3.99. The predicted molar refractivity (Wildman–Crippen MR) is 66.5 cm³/mol. The molecule has 2 N–H and O–H groups in total. The maximum absolute atomic E-state index is 12.5. The maximum Gasteiger partial charge on any atom is 0.226 e. The molecule has 4 nitrogen and oxygen atoms in total. The summed E-state index contributed by atoms with van der Waals surface area (Å²) >= 11 is 0. The Kier molecular flexibility index (Phi) is 4.05. The molecular formula is C13H24N2O2. The van der Waals surface area contributed by atoms with Crippen molar-refractivity contribution < 1.29 is 9.53 Å². The van der Waals surface area contributed by atoms with Gasteiger partial charge in [-0.1, -0.05) is 6.42 Å². The first-order chi connectivity index (χ1) is 8.09. The normalized spacial score (nSPS) is 39.1. The van der Waals surface area contributed by atoms with E-state index in [2.05, 4.69) is 13.8 Å². The highest BCUT2D eigenvalue weighted by Gasteiger charge is 2.35. The van der Waals surface area contributed by atoms with E-state index in [-0.39, 0.29) is 24.0 Å². The van der Waals surface area contributed by atoms with Crippen LogP contribution in [0.25, 0.3) is 0 Å². The van der Waals surface area contributed by atoms with Crippen LogP contribution in [0.15, 0.2) is 0 Å². The summed E-state index contributed by atoms with van der Waals surface area (Å²) in [6.07, 6.45) is 4.02. The van der Waals surface area contributed by atoms with Crippen molar-refractivity contribution >= 4 is 5.91 Å². The Balaban J connectivity index is 2.02. The monoisotopic (exact) mass is 240 g/mol. The predicted octanol–water partition coefficient (Wildman–Crippen LogP) is 1.14. The third-order valence-electron chi connectivity index (χ3n) is 3.99. The molecule has 2 fully saturated rings. The second-order valence-corrected chi connectivity index (χ2v) is 5.60. The first-order valence-electron chi connectivity index (χ1n) is 6.75. The van der Waals surface area contributed by atoms with E-state index >= 15 is 0 Å². The van der Waals surface area contributed by atoms with E-state index < -0.39 is 0 Å². The van der Waals surface area contributed by atoms with Gasteiger partial charge in [0.2, 0.25) is 5.91 Å². The van der Waals surface area contributed by atoms with Gasteiger partial charge in [0, 0.05) is 12.0 Å². The van der Waals surface area contributed by atoms with E-state index in [1.165, 1.54) is 0 Å². The lowest BCUT2D eigenvalue weighted by molar-refractivity contribution is -0.149. The molecule has 98 valence electrons. The second kappa shape index (κ2) is 5.36. The zero-order valence-electron chi connectivity index (χ0n) is 10.9. The summed E-state index contributed by atoms with van der Waals surface area (Å²) in [4.78, 5) is 14.6.